The molecule has 0 aliphatic heterocycles. The quantitative estimate of drug-likeness (QED) is 0.137. The molecule has 0 fully saturated rings. The predicted octanol–water partition coefficient (Wildman–Crippen LogP) is 9.50. The second-order valence-electron chi connectivity index (χ2n) is 7.90. The van der Waals surface area contributed by atoms with Gasteiger partial charge in [-0.05, 0) is 12.8 Å². The van der Waals surface area contributed by atoms with Crippen LogP contribution >= 0.6 is 8.25 Å². The van der Waals surface area contributed by atoms with E-state index < -0.39 is 8.25 Å². The van der Waals surface area contributed by atoms with Gasteiger partial charge in [0.25, 0.3) is 0 Å². The van der Waals surface area contributed by atoms with Gasteiger partial charge in [0, 0.05) is 0 Å². The summed E-state index contributed by atoms with van der Waals surface area (Å²) in [5.74, 6) is 0. The number of rotatable bonds is 21. The van der Waals surface area contributed by atoms with E-state index in [0.717, 1.165) is 12.8 Å². The normalized spacial score (nSPS) is 10.9. The van der Waals surface area contributed by atoms with Crippen LogP contribution in [0.2, 0.25) is 0 Å². The average Bonchev–Trinajstić information content (AvgIpc) is 2.70. The molecule has 0 rings (SSSR count). The zero-order valence-corrected chi connectivity index (χ0v) is 20.9. The minimum atomic E-state index is -2.23. The Bertz CT molecular complexity index is 259. The van der Waals surface area contributed by atoms with Crippen LogP contribution in [0.15, 0.2) is 0 Å². The lowest BCUT2D eigenvalue weighted by Gasteiger charge is -2.06. The van der Waals surface area contributed by atoms with Gasteiger partial charge in [0.05, 0.1) is 13.2 Å². The van der Waals surface area contributed by atoms with Gasteiger partial charge in [0.15, 0.2) is 0 Å². The summed E-state index contributed by atoms with van der Waals surface area (Å²) in [4.78, 5) is 0. The van der Waals surface area contributed by atoms with Crippen LogP contribution in [-0.2, 0) is 13.6 Å². The fraction of sp³-hybridized carbons (Fsp3) is 1.00. The van der Waals surface area contributed by atoms with E-state index in [9.17, 15) is 4.57 Å². The summed E-state index contributed by atoms with van der Waals surface area (Å²) in [6.45, 7) is 10.1. The summed E-state index contributed by atoms with van der Waals surface area (Å²) in [7, 11) is -2.23. The highest BCUT2D eigenvalue weighted by molar-refractivity contribution is 7.33. The summed E-state index contributed by atoms with van der Waals surface area (Å²) in [5, 5.41) is 0. The Morgan fingerprint density at radius 2 is 0.679 bits per heavy atom. The van der Waals surface area contributed by atoms with E-state index >= 15 is 0 Å². The highest BCUT2D eigenvalue weighted by Crippen LogP contribution is 2.24. The molecule has 3 nitrogen and oxygen atoms in total. The summed E-state index contributed by atoms with van der Waals surface area (Å²) < 4.78 is 21.9. The molecule has 0 aliphatic rings. The molecular weight excluding hydrogens is 367 g/mol. The first-order chi connectivity index (χ1) is 13.7. The molecule has 0 atom stereocenters. The molecule has 172 valence electrons. The molecule has 0 unspecified atom stereocenters. The van der Waals surface area contributed by atoms with Gasteiger partial charge >= 0.3 is 8.25 Å². The smallest absolute Gasteiger partial charge is 0.311 e. The molecule has 28 heavy (non-hydrogen) atoms. The molecule has 0 aromatic rings. The van der Waals surface area contributed by atoms with Crippen molar-refractivity contribution in [2.24, 2.45) is 0 Å². The lowest BCUT2D eigenvalue weighted by molar-refractivity contribution is 0.218. The van der Waals surface area contributed by atoms with E-state index in [1.165, 1.54) is 103 Å². The lowest BCUT2D eigenvalue weighted by Crippen LogP contribution is -1.92. The molecule has 0 amide bonds. The van der Waals surface area contributed by atoms with Gasteiger partial charge in [-0.2, -0.15) is 0 Å². The third kappa shape index (κ3) is 30.9. The predicted molar refractivity (Wildman–Crippen MR) is 127 cm³/mol. The average molecular weight is 421 g/mol. The van der Waals surface area contributed by atoms with E-state index in [2.05, 4.69) is 27.7 Å². The Kier molecular flexibility index (Phi) is 31.8. The van der Waals surface area contributed by atoms with Gasteiger partial charge in [-0.25, -0.2) is 0 Å². The molecule has 0 radical (unpaired) electrons. The maximum absolute atomic E-state index is 11.5. The maximum Gasteiger partial charge on any atom is 0.319 e. The van der Waals surface area contributed by atoms with Crippen molar-refractivity contribution in [1.82, 2.24) is 0 Å². The highest BCUT2D eigenvalue weighted by Gasteiger charge is 2.00. The van der Waals surface area contributed by atoms with Gasteiger partial charge in [0.1, 0.15) is 0 Å². The number of unbranched alkanes of at least 4 members (excludes halogenated alkanes) is 15. The van der Waals surface area contributed by atoms with Gasteiger partial charge < -0.3 is 9.05 Å². The fourth-order valence-corrected chi connectivity index (χ4v) is 3.68. The van der Waals surface area contributed by atoms with Crippen LogP contribution in [0.3, 0.4) is 0 Å². The molecule has 0 saturated heterocycles. The van der Waals surface area contributed by atoms with Crippen molar-refractivity contribution in [3.05, 3.63) is 0 Å². The summed E-state index contributed by atoms with van der Waals surface area (Å²) in [5.41, 5.74) is 0. The summed E-state index contributed by atoms with van der Waals surface area (Å²) in [6.07, 6.45) is 23.2. The topological polar surface area (TPSA) is 35.5 Å². The zero-order valence-electron chi connectivity index (χ0n) is 19.9. The molecule has 0 N–H and O–H groups in total. The Morgan fingerprint density at radius 1 is 0.429 bits per heavy atom. The van der Waals surface area contributed by atoms with Crippen molar-refractivity contribution in [3.63, 3.8) is 0 Å². The minimum absolute atomic E-state index is 0.584. The van der Waals surface area contributed by atoms with Crippen LogP contribution < -0.4 is 0 Å². The molecule has 4 heteroatoms. The van der Waals surface area contributed by atoms with E-state index in [0.29, 0.717) is 13.2 Å². The fourth-order valence-electron chi connectivity index (χ4n) is 2.97. The standard InChI is InChI=1S/C16H35O3P.C8H18/c1-3-5-7-9-11-13-15-18-20(17)19-16-14-12-10-8-6-4-2;1-3-5-7-8-6-4-2/h20H,3-16H2,1-2H3;3-8H2,1-2H3. The van der Waals surface area contributed by atoms with Crippen LogP contribution in [0.25, 0.3) is 0 Å². The lowest BCUT2D eigenvalue weighted by atomic mass is 10.1. The Labute approximate surface area is 178 Å². The minimum Gasteiger partial charge on any atom is -0.311 e. The van der Waals surface area contributed by atoms with Crippen LogP contribution in [0.4, 0.5) is 0 Å². The van der Waals surface area contributed by atoms with Crippen molar-refractivity contribution in [1.29, 1.82) is 0 Å². The van der Waals surface area contributed by atoms with Crippen molar-refractivity contribution in [2.45, 2.75) is 143 Å². The van der Waals surface area contributed by atoms with Gasteiger partial charge in [0.2, 0.25) is 0 Å². The van der Waals surface area contributed by atoms with Gasteiger partial charge in [-0.1, -0.05) is 130 Å². The van der Waals surface area contributed by atoms with Crippen LogP contribution in [-0.4, -0.2) is 13.2 Å². The summed E-state index contributed by atoms with van der Waals surface area (Å²) in [6, 6.07) is 0. The SMILES string of the molecule is CCCCCCCC.CCCCCCCCO[PH](=O)OCCCCCCCC. The first-order valence-corrected chi connectivity index (χ1v) is 13.7. The molecule has 0 spiro atoms. The van der Waals surface area contributed by atoms with E-state index in [-0.39, 0.29) is 0 Å². The molecule has 0 aromatic carbocycles. The van der Waals surface area contributed by atoms with Crippen molar-refractivity contribution in [3.8, 4) is 0 Å². The van der Waals surface area contributed by atoms with Crippen LogP contribution in [0.1, 0.15) is 143 Å². The Morgan fingerprint density at radius 3 is 0.964 bits per heavy atom. The maximum atomic E-state index is 11.5. The van der Waals surface area contributed by atoms with Crippen molar-refractivity contribution < 1.29 is 13.6 Å². The monoisotopic (exact) mass is 420 g/mol. The van der Waals surface area contributed by atoms with Crippen molar-refractivity contribution >= 4 is 8.25 Å². The number of hydrogen-bond acceptors (Lipinski definition) is 3. The number of hydrogen-bond donors (Lipinski definition) is 0. The molecule has 0 bridgehead atoms. The zero-order chi connectivity index (χ0) is 21.1. The van der Waals surface area contributed by atoms with Gasteiger partial charge in [-0.15, -0.1) is 0 Å². The van der Waals surface area contributed by atoms with Crippen molar-refractivity contribution in [2.75, 3.05) is 13.2 Å². The Hall–Kier alpha value is 0.150. The third-order valence-corrected chi connectivity index (χ3v) is 5.77. The highest BCUT2D eigenvalue weighted by atomic mass is 31.1. The van der Waals surface area contributed by atoms with E-state index in [1.807, 2.05) is 0 Å². The first kappa shape index (κ1) is 30.3. The van der Waals surface area contributed by atoms with Crippen LogP contribution in [0.5, 0.6) is 0 Å². The largest absolute Gasteiger partial charge is 0.319 e. The summed E-state index contributed by atoms with van der Waals surface area (Å²) >= 11 is 0. The van der Waals surface area contributed by atoms with E-state index in [1.54, 1.807) is 0 Å². The van der Waals surface area contributed by atoms with Crippen LogP contribution in [0, 0.1) is 0 Å². The molecule has 0 heterocycles. The second-order valence-corrected chi connectivity index (χ2v) is 8.97. The third-order valence-electron chi connectivity index (χ3n) is 4.89. The molecule has 0 aromatic heterocycles. The first-order valence-electron chi connectivity index (χ1n) is 12.5. The molecule has 0 saturated carbocycles. The molecular formula is C24H53O3P. The Balaban J connectivity index is 0. The molecule has 0 aliphatic carbocycles. The van der Waals surface area contributed by atoms with E-state index in [4.69, 9.17) is 9.05 Å². The second kappa shape index (κ2) is 29.4. The van der Waals surface area contributed by atoms with Gasteiger partial charge in [-0.3, -0.25) is 4.57 Å².